The first-order chi connectivity index (χ1) is 14.7. The maximum atomic E-state index is 11.8. The SMILES string of the molecule is CO[C@@H]1CN(C(=O)OC(C)(C)C)CC[C@@H]1N.CO[C@H]1CN(C(=O)OC(C)(C)C)CC[C@H]1N.Cl.Cl. The van der Waals surface area contributed by atoms with Gasteiger partial charge in [-0.15, -0.1) is 24.8 Å². The number of carbonyl (C=O) groups excluding carboxylic acids is 2. The van der Waals surface area contributed by atoms with E-state index in [0.29, 0.717) is 26.2 Å². The summed E-state index contributed by atoms with van der Waals surface area (Å²) in [6, 6.07) is 0.00683. The van der Waals surface area contributed by atoms with Gasteiger partial charge in [-0.05, 0) is 54.4 Å². The summed E-state index contributed by atoms with van der Waals surface area (Å²) in [5, 5.41) is 0. The van der Waals surface area contributed by atoms with Crippen molar-refractivity contribution in [2.75, 3.05) is 40.4 Å². The largest absolute Gasteiger partial charge is 0.444 e. The molecular formula is C22H46Cl2N4O6. The minimum Gasteiger partial charge on any atom is -0.444 e. The summed E-state index contributed by atoms with van der Waals surface area (Å²) < 4.78 is 21.1. The highest BCUT2D eigenvalue weighted by atomic mass is 35.5. The molecule has 34 heavy (non-hydrogen) atoms. The molecule has 0 bridgehead atoms. The first-order valence-corrected chi connectivity index (χ1v) is 11.2. The number of carbonyl (C=O) groups is 2. The van der Waals surface area contributed by atoms with E-state index in [1.165, 1.54) is 0 Å². The molecule has 0 unspecified atom stereocenters. The molecule has 2 rings (SSSR count). The minimum atomic E-state index is -0.459. The van der Waals surface area contributed by atoms with Gasteiger partial charge >= 0.3 is 12.2 Å². The van der Waals surface area contributed by atoms with Gasteiger partial charge in [-0.2, -0.15) is 0 Å². The number of ether oxygens (including phenoxy) is 4. The lowest BCUT2D eigenvalue weighted by Gasteiger charge is -2.36. The van der Waals surface area contributed by atoms with Gasteiger partial charge in [0.2, 0.25) is 0 Å². The molecule has 0 saturated carbocycles. The van der Waals surface area contributed by atoms with Crippen LogP contribution in [0.5, 0.6) is 0 Å². The summed E-state index contributed by atoms with van der Waals surface area (Å²) in [5.41, 5.74) is 10.8. The molecule has 2 aliphatic rings. The average Bonchev–Trinajstić information content (AvgIpc) is 2.66. The molecule has 0 spiro atoms. The standard InChI is InChI=1S/2C11H22N2O3.2ClH/c2*1-11(2,3)16-10(14)13-6-5-8(12)9(7-13)15-4;;/h2*8-9H,5-7,12H2,1-4H3;2*1H/t2*8-,9+;;/m10../s1. The lowest BCUT2D eigenvalue weighted by Crippen LogP contribution is -2.53. The normalized spacial score (nSPS) is 25.1. The number of hydrogen-bond acceptors (Lipinski definition) is 8. The second kappa shape index (κ2) is 15.2. The van der Waals surface area contributed by atoms with Gasteiger partial charge in [0.25, 0.3) is 0 Å². The Labute approximate surface area is 217 Å². The van der Waals surface area contributed by atoms with Crippen LogP contribution in [0.1, 0.15) is 54.4 Å². The third kappa shape index (κ3) is 12.6. The van der Waals surface area contributed by atoms with Crippen LogP contribution < -0.4 is 11.5 Å². The summed E-state index contributed by atoms with van der Waals surface area (Å²) in [7, 11) is 3.23. The van der Waals surface area contributed by atoms with E-state index in [1.807, 2.05) is 41.5 Å². The fourth-order valence-corrected chi connectivity index (χ4v) is 3.35. The molecule has 2 saturated heterocycles. The summed E-state index contributed by atoms with van der Waals surface area (Å²) >= 11 is 0. The van der Waals surface area contributed by atoms with Crippen molar-refractivity contribution in [3.8, 4) is 0 Å². The molecule has 2 amide bonds. The quantitative estimate of drug-likeness (QED) is 0.555. The zero-order valence-electron chi connectivity index (χ0n) is 21.9. The van der Waals surface area contributed by atoms with Gasteiger partial charge in [-0.25, -0.2) is 9.59 Å². The smallest absolute Gasteiger partial charge is 0.410 e. The number of likely N-dealkylation sites (tertiary alicyclic amines) is 2. The van der Waals surface area contributed by atoms with Gasteiger partial charge in [0.15, 0.2) is 0 Å². The van der Waals surface area contributed by atoms with Crippen molar-refractivity contribution >= 4 is 37.0 Å². The minimum absolute atomic E-state index is 0. The predicted molar refractivity (Wildman–Crippen MR) is 137 cm³/mol. The number of halogens is 2. The average molecular weight is 534 g/mol. The van der Waals surface area contributed by atoms with Crippen LogP contribution in [0, 0.1) is 0 Å². The number of nitrogens with two attached hydrogens (primary N) is 2. The number of piperidine rings is 2. The Bertz CT molecular complexity index is 563. The zero-order chi connectivity index (χ0) is 24.7. The van der Waals surface area contributed by atoms with Crippen LogP contribution in [-0.4, -0.2) is 97.9 Å². The van der Waals surface area contributed by atoms with Crippen LogP contribution in [0.15, 0.2) is 0 Å². The number of nitrogens with zero attached hydrogens (tertiary/aromatic N) is 2. The predicted octanol–water partition coefficient (Wildman–Crippen LogP) is 2.78. The van der Waals surface area contributed by atoms with Crippen molar-refractivity contribution in [3.05, 3.63) is 0 Å². The number of hydrogen-bond donors (Lipinski definition) is 2. The van der Waals surface area contributed by atoms with Crippen molar-refractivity contribution in [2.45, 2.75) is 89.9 Å². The Balaban J connectivity index is 0. The molecule has 12 heteroatoms. The van der Waals surface area contributed by atoms with Gasteiger partial charge in [0.05, 0.1) is 25.3 Å². The zero-order valence-corrected chi connectivity index (χ0v) is 23.5. The summed E-state index contributed by atoms with van der Waals surface area (Å²) in [5.74, 6) is 0. The van der Waals surface area contributed by atoms with Crippen LogP contribution in [-0.2, 0) is 18.9 Å². The van der Waals surface area contributed by atoms with E-state index in [0.717, 1.165) is 12.8 Å². The van der Waals surface area contributed by atoms with E-state index in [1.54, 1.807) is 24.0 Å². The highest BCUT2D eigenvalue weighted by Gasteiger charge is 2.32. The second-order valence-electron chi connectivity index (χ2n) is 10.3. The monoisotopic (exact) mass is 532 g/mol. The first-order valence-electron chi connectivity index (χ1n) is 11.2. The summed E-state index contributed by atoms with van der Waals surface area (Å²) in [4.78, 5) is 26.9. The Morgan fingerprint density at radius 2 is 1.00 bits per heavy atom. The molecule has 0 aromatic carbocycles. The molecule has 4 atom stereocenters. The Morgan fingerprint density at radius 1 is 0.706 bits per heavy atom. The fraction of sp³-hybridized carbons (Fsp3) is 0.909. The highest BCUT2D eigenvalue weighted by Crippen LogP contribution is 2.17. The fourth-order valence-electron chi connectivity index (χ4n) is 3.35. The van der Waals surface area contributed by atoms with Gasteiger partial charge in [0.1, 0.15) is 11.2 Å². The third-order valence-electron chi connectivity index (χ3n) is 5.13. The number of methoxy groups -OCH3 is 2. The Hall–Kier alpha value is -1.04. The van der Waals surface area contributed by atoms with Crippen molar-refractivity contribution in [3.63, 3.8) is 0 Å². The lowest BCUT2D eigenvalue weighted by atomic mass is 10.0. The van der Waals surface area contributed by atoms with Crippen LogP contribution in [0.25, 0.3) is 0 Å². The van der Waals surface area contributed by atoms with Gasteiger partial charge < -0.3 is 40.2 Å². The number of rotatable bonds is 2. The van der Waals surface area contributed by atoms with Crippen molar-refractivity contribution in [2.24, 2.45) is 11.5 Å². The molecule has 0 aliphatic carbocycles. The van der Waals surface area contributed by atoms with E-state index in [-0.39, 0.29) is 61.3 Å². The van der Waals surface area contributed by atoms with Gasteiger partial charge in [0, 0.05) is 39.4 Å². The molecule has 0 aromatic rings. The van der Waals surface area contributed by atoms with E-state index in [9.17, 15) is 9.59 Å². The molecule has 4 N–H and O–H groups in total. The molecular weight excluding hydrogens is 487 g/mol. The molecule has 2 aliphatic heterocycles. The van der Waals surface area contributed by atoms with E-state index < -0.39 is 11.2 Å². The third-order valence-corrected chi connectivity index (χ3v) is 5.13. The Morgan fingerprint density at radius 3 is 1.24 bits per heavy atom. The molecule has 0 aromatic heterocycles. The maximum Gasteiger partial charge on any atom is 0.410 e. The van der Waals surface area contributed by atoms with Gasteiger partial charge in [-0.1, -0.05) is 0 Å². The number of amides is 2. The van der Waals surface area contributed by atoms with E-state index in [4.69, 9.17) is 30.4 Å². The van der Waals surface area contributed by atoms with Crippen molar-refractivity contribution in [1.29, 1.82) is 0 Å². The summed E-state index contributed by atoms with van der Waals surface area (Å²) in [6.45, 7) is 13.4. The van der Waals surface area contributed by atoms with Crippen LogP contribution >= 0.6 is 24.8 Å². The second-order valence-corrected chi connectivity index (χ2v) is 10.3. The lowest BCUT2D eigenvalue weighted by molar-refractivity contribution is -0.0131. The topological polar surface area (TPSA) is 130 Å². The van der Waals surface area contributed by atoms with Crippen molar-refractivity contribution < 1.29 is 28.5 Å². The van der Waals surface area contributed by atoms with Crippen molar-refractivity contribution in [1.82, 2.24) is 9.80 Å². The highest BCUT2D eigenvalue weighted by molar-refractivity contribution is 5.85. The van der Waals surface area contributed by atoms with E-state index in [2.05, 4.69) is 0 Å². The molecule has 0 radical (unpaired) electrons. The maximum absolute atomic E-state index is 11.8. The molecule has 10 nitrogen and oxygen atoms in total. The first kappa shape index (κ1) is 35.1. The summed E-state index contributed by atoms with van der Waals surface area (Å²) in [6.07, 6.45) is 0.723. The Kier molecular flexibility index (Phi) is 15.7. The van der Waals surface area contributed by atoms with Crippen LogP contribution in [0.4, 0.5) is 9.59 Å². The molecule has 2 fully saturated rings. The molecule has 2 heterocycles. The van der Waals surface area contributed by atoms with Gasteiger partial charge in [-0.3, -0.25) is 0 Å². The van der Waals surface area contributed by atoms with E-state index >= 15 is 0 Å². The van der Waals surface area contributed by atoms with Crippen LogP contribution in [0.3, 0.4) is 0 Å². The molecule has 204 valence electrons. The van der Waals surface area contributed by atoms with Crippen LogP contribution in [0.2, 0.25) is 0 Å².